The molecule has 0 atom stereocenters. The first kappa shape index (κ1) is 8.37. The molecule has 3 heteroatoms. The molecule has 10 heavy (non-hydrogen) atoms. The molecule has 60 valence electrons. The summed E-state index contributed by atoms with van der Waals surface area (Å²) in [5.41, 5.74) is 0. The van der Waals surface area contributed by atoms with E-state index in [-0.39, 0.29) is 0 Å². The average molecular weight is 160 g/mol. The molecule has 0 spiro atoms. The van der Waals surface area contributed by atoms with Crippen LogP contribution in [0.3, 0.4) is 0 Å². The van der Waals surface area contributed by atoms with Crippen molar-refractivity contribution < 1.29 is 0 Å². The van der Waals surface area contributed by atoms with Gasteiger partial charge < -0.3 is 10.2 Å². The minimum atomic E-state index is 0.750. The normalized spacial score (nSPS) is 21.0. The number of nitrogens with zero attached hydrogens (tertiary/aromatic N) is 1. The first-order chi connectivity index (χ1) is 4.86. The van der Waals surface area contributed by atoms with Gasteiger partial charge >= 0.3 is 0 Å². The van der Waals surface area contributed by atoms with Gasteiger partial charge in [0.15, 0.2) is 0 Å². The number of likely N-dealkylation sites (N-methyl/N-ethyl adjacent to an activating group) is 1. The Morgan fingerprint density at radius 1 is 1.60 bits per heavy atom. The fraction of sp³-hybridized carbons (Fsp3) is 1.00. The molecular weight excluding hydrogens is 144 g/mol. The first-order valence-electron chi connectivity index (χ1n) is 3.87. The fourth-order valence-electron chi connectivity index (χ4n) is 1.23. The van der Waals surface area contributed by atoms with Gasteiger partial charge in [-0.05, 0) is 25.8 Å². The maximum absolute atomic E-state index is 4.16. The van der Waals surface area contributed by atoms with Crippen LogP contribution in [-0.4, -0.2) is 43.4 Å². The Morgan fingerprint density at radius 2 is 2.30 bits per heavy atom. The standard InChI is InChI=1S/C7H16N2S/c1-8-7-5-9(6-7)3-2-4-10/h7-8,10H,2-6H2,1H3. The predicted octanol–water partition coefficient (Wildman–Crippen LogP) is 0.210. The fourth-order valence-corrected chi connectivity index (χ4v) is 1.37. The molecular formula is C7H16N2S. The van der Waals surface area contributed by atoms with Gasteiger partial charge in [-0.3, -0.25) is 0 Å². The predicted molar refractivity (Wildman–Crippen MR) is 47.8 cm³/mol. The largest absolute Gasteiger partial charge is 0.315 e. The van der Waals surface area contributed by atoms with Crippen molar-refractivity contribution in [2.24, 2.45) is 0 Å². The van der Waals surface area contributed by atoms with Crippen molar-refractivity contribution in [2.45, 2.75) is 12.5 Å². The van der Waals surface area contributed by atoms with Crippen LogP contribution in [0.25, 0.3) is 0 Å². The maximum Gasteiger partial charge on any atom is 0.0320 e. The van der Waals surface area contributed by atoms with Crippen LogP contribution in [0.5, 0.6) is 0 Å². The van der Waals surface area contributed by atoms with Gasteiger partial charge in [0.2, 0.25) is 0 Å². The molecule has 0 radical (unpaired) electrons. The molecule has 1 heterocycles. The van der Waals surface area contributed by atoms with E-state index in [0.29, 0.717) is 0 Å². The third kappa shape index (κ3) is 2.15. The van der Waals surface area contributed by atoms with Crippen molar-refractivity contribution in [3.8, 4) is 0 Å². The molecule has 0 unspecified atom stereocenters. The van der Waals surface area contributed by atoms with E-state index in [1.54, 1.807) is 0 Å². The molecule has 0 aromatic rings. The summed E-state index contributed by atoms with van der Waals surface area (Å²) in [6, 6.07) is 0.750. The van der Waals surface area contributed by atoms with Gasteiger partial charge in [-0.25, -0.2) is 0 Å². The molecule has 0 aliphatic carbocycles. The molecule has 1 fully saturated rings. The van der Waals surface area contributed by atoms with Crippen LogP contribution in [0.4, 0.5) is 0 Å². The van der Waals surface area contributed by atoms with E-state index in [4.69, 9.17) is 0 Å². The van der Waals surface area contributed by atoms with Gasteiger partial charge in [0.1, 0.15) is 0 Å². The minimum Gasteiger partial charge on any atom is -0.315 e. The second kappa shape index (κ2) is 4.21. The summed E-state index contributed by atoms with van der Waals surface area (Å²) in [5.74, 6) is 1.01. The van der Waals surface area contributed by atoms with E-state index in [9.17, 15) is 0 Å². The lowest BCUT2D eigenvalue weighted by Gasteiger charge is -2.38. The summed E-state index contributed by atoms with van der Waals surface area (Å²) in [6.07, 6.45) is 1.22. The number of hydrogen-bond acceptors (Lipinski definition) is 3. The summed E-state index contributed by atoms with van der Waals surface area (Å²) in [5, 5.41) is 3.25. The zero-order valence-electron chi connectivity index (χ0n) is 6.51. The van der Waals surface area contributed by atoms with Crippen LogP contribution in [0.2, 0.25) is 0 Å². The Morgan fingerprint density at radius 3 is 2.80 bits per heavy atom. The molecule has 1 rings (SSSR count). The molecule has 0 aromatic heterocycles. The molecule has 0 aromatic carbocycles. The summed E-state index contributed by atoms with van der Waals surface area (Å²) >= 11 is 4.16. The highest BCUT2D eigenvalue weighted by Crippen LogP contribution is 2.07. The lowest BCUT2D eigenvalue weighted by Crippen LogP contribution is -2.56. The Kier molecular flexibility index (Phi) is 3.52. The number of thiol groups is 1. The van der Waals surface area contributed by atoms with Crippen molar-refractivity contribution in [1.29, 1.82) is 0 Å². The number of hydrogen-bond donors (Lipinski definition) is 2. The van der Waals surface area contributed by atoms with Crippen LogP contribution >= 0.6 is 12.6 Å². The van der Waals surface area contributed by atoms with Gasteiger partial charge in [0, 0.05) is 19.1 Å². The van der Waals surface area contributed by atoms with Crippen molar-refractivity contribution in [3.05, 3.63) is 0 Å². The van der Waals surface area contributed by atoms with E-state index < -0.39 is 0 Å². The summed E-state index contributed by atoms with van der Waals surface area (Å²) < 4.78 is 0. The van der Waals surface area contributed by atoms with E-state index in [2.05, 4.69) is 22.8 Å². The van der Waals surface area contributed by atoms with Crippen molar-refractivity contribution in [3.63, 3.8) is 0 Å². The van der Waals surface area contributed by atoms with E-state index >= 15 is 0 Å². The van der Waals surface area contributed by atoms with Crippen molar-refractivity contribution in [1.82, 2.24) is 10.2 Å². The third-order valence-electron chi connectivity index (χ3n) is 2.00. The zero-order chi connectivity index (χ0) is 7.40. The van der Waals surface area contributed by atoms with Crippen LogP contribution < -0.4 is 5.32 Å². The van der Waals surface area contributed by atoms with Gasteiger partial charge in [-0.15, -0.1) is 0 Å². The van der Waals surface area contributed by atoms with Gasteiger partial charge in [0.05, 0.1) is 0 Å². The Labute approximate surface area is 68.4 Å². The second-order valence-corrected chi connectivity index (χ2v) is 3.27. The molecule has 2 nitrogen and oxygen atoms in total. The quantitative estimate of drug-likeness (QED) is 0.572. The Hall–Kier alpha value is 0.270. The molecule has 0 saturated carbocycles. The highest BCUT2D eigenvalue weighted by atomic mass is 32.1. The first-order valence-corrected chi connectivity index (χ1v) is 4.50. The molecule has 1 saturated heterocycles. The van der Waals surface area contributed by atoms with Crippen LogP contribution in [0, 0.1) is 0 Å². The molecule has 1 aliphatic heterocycles. The second-order valence-electron chi connectivity index (χ2n) is 2.82. The van der Waals surface area contributed by atoms with Gasteiger partial charge in [0.25, 0.3) is 0 Å². The van der Waals surface area contributed by atoms with Crippen LogP contribution in [-0.2, 0) is 0 Å². The molecule has 0 bridgehead atoms. The molecule has 1 aliphatic rings. The monoisotopic (exact) mass is 160 g/mol. The zero-order valence-corrected chi connectivity index (χ0v) is 7.40. The van der Waals surface area contributed by atoms with Crippen molar-refractivity contribution >= 4 is 12.6 Å². The molecule has 1 N–H and O–H groups in total. The summed E-state index contributed by atoms with van der Waals surface area (Å²) in [6.45, 7) is 3.68. The lowest BCUT2D eigenvalue weighted by atomic mass is 10.1. The average Bonchev–Trinajstić information content (AvgIpc) is 1.86. The number of nitrogens with one attached hydrogen (secondary N) is 1. The highest BCUT2D eigenvalue weighted by Gasteiger charge is 2.23. The molecule has 0 amide bonds. The van der Waals surface area contributed by atoms with Crippen molar-refractivity contribution in [2.75, 3.05) is 32.4 Å². The number of rotatable bonds is 4. The van der Waals surface area contributed by atoms with Gasteiger partial charge in [-0.1, -0.05) is 0 Å². The SMILES string of the molecule is CNC1CN(CCCS)C1. The van der Waals surface area contributed by atoms with E-state index in [1.807, 2.05) is 7.05 Å². The topological polar surface area (TPSA) is 15.3 Å². The number of likely N-dealkylation sites (tertiary alicyclic amines) is 1. The maximum atomic E-state index is 4.16. The van der Waals surface area contributed by atoms with Gasteiger partial charge in [-0.2, -0.15) is 12.6 Å². The van der Waals surface area contributed by atoms with Crippen LogP contribution in [0.15, 0.2) is 0 Å². The summed E-state index contributed by atoms with van der Waals surface area (Å²) in [7, 11) is 2.03. The highest BCUT2D eigenvalue weighted by molar-refractivity contribution is 7.80. The minimum absolute atomic E-state index is 0.750. The third-order valence-corrected chi connectivity index (χ3v) is 2.31. The summed E-state index contributed by atoms with van der Waals surface area (Å²) in [4.78, 5) is 2.46. The lowest BCUT2D eigenvalue weighted by molar-refractivity contribution is 0.133. The van der Waals surface area contributed by atoms with Crippen LogP contribution in [0.1, 0.15) is 6.42 Å². The Bertz CT molecular complexity index is 88.9. The Balaban J connectivity index is 1.93. The van der Waals surface area contributed by atoms with E-state index in [0.717, 1.165) is 11.8 Å². The smallest absolute Gasteiger partial charge is 0.0320 e. The van der Waals surface area contributed by atoms with E-state index in [1.165, 1.54) is 26.1 Å².